The van der Waals surface area contributed by atoms with Gasteiger partial charge >= 0.3 is 0 Å². The monoisotopic (exact) mass is 320 g/mol. The van der Waals surface area contributed by atoms with Gasteiger partial charge in [0.1, 0.15) is 5.78 Å². The minimum absolute atomic E-state index is 0.0404. The van der Waals surface area contributed by atoms with E-state index in [4.69, 9.17) is 0 Å². The number of hydrogen-bond donors (Lipinski definition) is 2. The Morgan fingerprint density at radius 1 is 1.04 bits per heavy atom. The highest BCUT2D eigenvalue weighted by molar-refractivity contribution is 5.88. The van der Waals surface area contributed by atoms with Gasteiger partial charge < -0.3 is 10.6 Å². The number of nitrogens with one attached hydrogen (secondary N) is 2. The van der Waals surface area contributed by atoms with Crippen molar-refractivity contribution in [2.75, 3.05) is 0 Å². The molecule has 4 heteroatoms. The summed E-state index contributed by atoms with van der Waals surface area (Å²) in [7, 11) is 0. The van der Waals surface area contributed by atoms with Crippen LogP contribution in [0.3, 0.4) is 0 Å². The molecule has 0 radical (unpaired) electrons. The molecule has 1 heterocycles. The van der Waals surface area contributed by atoms with Gasteiger partial charge in [0.25, 0.3) is 0 Å². The van der Waals surface area contributed by atoms with Crippen LogP contribution in [0.5, 0.6) is 0 Å². The number of amides is 1. The van der Waals surface area contributed by atoms with Crippen LogP contribution in [-0.2, 0) is 9.59 Å². The summed E-state index contributed by atoms with van der Waals surface area (Å²) in [4.78, 5) is 25.0. The molecule has 1 saturated heterocycles. The van der Waals surface area contributed by atoms with E-state index in [0.717, 1.165) is 44.9 Å². The molecular formula is C19H32N2O2. The van der Waals surface area contributed by atoms with Gasteiger partial charge in [-0.05, 0) is 66.2 Å². The van der Waals surface area contributed by atoms with Crippen molar-refractivity contribution < 1.29 is 9.59 Å². The molecular weight excluding hydrogens is 288 g/mol. The van der Waals surface area contributed by atoms with Gasteiger partial charge in [0.05, 0.1) is 0 Å². The van der Waals surface area contributed by atoms with Gasteiger partial charge in [0, 0.05) is 34.9 Å². The molecule has 2 aliphatic carbocycles. The van der Waals surface area contributed by atoms with Gasteiger partial charge in [-0.1, -0.05) is 6.42 Å². The highest BCUT2D eigenvalue weighted by atomic mass is 16.2. The number of Topliss-reactive ketones (excluding diaryl/α,β-unsaturated/α-hetero) is 1. The van der Waals surface area contributed by atoms with Gasteiger partial charge in [-0.25, -0.2) is 0 Å². The maximum Gasteiger partial charge on any atom is 0.223 e. The van der Waals surface area contributed by atoms with Crippen molar-refractivity contribution in [3.8, 4) is 0 Å². The first-order chi connectivity index (χ1) is 10.7. The zero-order valence-corrected chi connectivity index (χ0v) is 15.1. The molecule has 23 heavy (non-hydrogen) atoms. The first kappa shape index (κ1) is 16.9. The standard InChI is InChI=1S/C19H32N2O2/c1-18(2)10-15(11-19(3,4)21-18)20-17(23)14-8-12-6-5-7-13(9-14)16(12)22/h12-15,21H,5-11H2,1-4H3,(H,20,23). The van der Waals surface area contributed by atoms with Crippen LogP contribution >= 0.6 is 0 Å². The summed E-state index contributed by atoms with van der Waals surface area (Å²) in [5.41, 5.74) is 0.0808. The fourth-order valence-electron chi connectivity index (χ4n) is 5.44. The van der Waals surface area contributed by atoms with Crippen molar-refractivity contribution >= 4 is 11.7 Å². The number of carbonyl (C=O) groups excluding carboxylic acids is 2. The lowest BCUT2D eigenvalue weighted by Crippen LogP contribution is -2.62. The van der Waals surface area contributed by atoms with Crippen LogP contribution in [0, 0.1) is 17.8 Å². The topological polar surface area (TPSA) is 58.2 Å². The predicted octanol–water partition coefficient (Wildman–Crippen LogP) is 2.81. The van der Waals surface area contributed by atoms with E-state index in [9.17, 15) is 9.59 Å². The summed E-state index contributed by atoms with van der Waals surface area (Å²) in [6.45, 7) is 8.82. The van der Waals surface area contributed by atoms with E-state index in [1.165, 1.54) is 0 Å². The van der Waals surface area contributed by atoms with Gasteiger partial charge in [-0.3, -0.25) is 9.59 Å². The lowest BCUT2D eigenvalue weighted by Gasteiger charge is -2.47. The molecule has 2 atom stereocenters. The molecule has 0 aromatic carbocycles. The molecule has 0 aromatic rings. The first-order valence-electron chi connectivity index (χ1n) is 9.29. The summed E-state index contributed by atoms with van der Waals surface area (Å²) in [6.07, 6.45) is 6.62. The minimum Gasteiger partial charge on any atom is -0.353 e. The molecule has 3 fully saturated rings. The van der Waals surface area contributed by atoms with E-state index in [2.05, 4.69) is 38.3 Å². The Bertz CT molecular complexity index is 466. The summed E-state index contributed by atoms with van der Waals surface area (Å²) >= 11 is 0. The van der Waals surface area contributed by atoms with Crippen molar-refractivity contribution in [3.05, 3.63) is 0 Å². The third-order valence-corrected chi connectivity index (χ3v) is 5.96. The Hall–Kier alpha value is -0.900. The van der Waals surface area contributed by atoms with Gasteiger partial charge in [0.2, 0.25) is 5.91 Å². The quantitative estimate of drug-likeness (QED) is 0.822. The highest BCUT2D eigenvalue weighted by Gasteiger charge is 2.43. The number of hydrogen-bond acceptors (Lipinski definition) is 3. The fourth-order valence-corrected chi connectivity index (χ4v) is 5.44. The summed E-state index contributed by atoms with van der Waals surface area (Å²) in [5.74, 6) is 0.972. The van der Waals surface area contributed by atoms with Crippen LogP contribution < -0.4 is 10.6 Å². The van der Waals surface area contributed by atoms with E-state index in [0.29, 0.717) is 5.78 Å². The van der Waals surface area contributed by atoms with Crippen molar-refractivity contribution in [2.45, 2.75) is 89.8 Å². The lowest BCUT2D eigenvalue weighted by atomic mass is 9.67. The van der Waals surface area contributed by atoms with E-state index in [1.807, 2.05) is 0 Å². The molecule has 130 valence electrons. The third-order valence-electron chi connectivity index (χ3n) is 5.96. The van der Waals surface area contributed by atoms with Crippen LogP contribution in [0.25, 0.3) is 0 Å². The Morgan fingerprint density at radius 3 is 2.09 bits per heavy atom. The van der Waals surface area contributed by atoms with E-state index < -0.39 is 0 Å². The zero-order valence-electron chi connectivity index (χ0n) is 15.1. The normalized spacial score (nSPS) is 36.5. The van der Waals surface area contributed by atoms with Crippen molar-refractivity contribution in [3.63, 3.8) is 0 Å². The average Bonchev–Trinajstić information content (AvgIpc) is 2.33. The first-order valence-corrected chi connectivity index (χ1v) is 9.29. The molecule has 2 N–H and O–H groups in total. The van der Waals surface area contributed by atoms with E-state index in [1.54, 1.807) is 0 Å². The lowest BCUT2D eigenvalue weighted by molar-refractivity contribution is -0.138. The zero-order chi connectivity index (χ0) is 16.8. The SMILES string of the molecule is CC1(C)CC(NC(=O)C2CC3CCCC(C2)C3=O)CC(C)(C)N1. The third kappa shape index (κ3) is 3.78. The number of ketones is 1. The predicted molar refractivity (Wildman–Crippen MR) is 91.0 cm³/mol. The number of fused-ring (bicyclic) bond motifs is 2. The number of carbonyl (C=O) groups is 2. The van der Waals surface area contributed by atoms with Crippen LogP contribution in [-0.4, -0.2) is 28.8 Å². The Labute approximate surface area is 140 Å². The summed E-state index contributed by atoms with van der Waals surface area (Å²) in [6, 6.07) is 0.228. The molecule has 1 aliphatic heterocycles. The van der Waals surface area contributed by atoms with Crippen molar-refractivity contribution in [1.29, 1.82) is 0 Å². The summed E-state index contributed by atoms with van der Waals surface area (Å²) < 4.78 is 0. The molecule has 2 bridgehead atoms. The van der Waals surface area contributed by atoms with Crippen LogP contribution in [0.15, 0.2) is 0 Å². The largest absolute Gasteiger partial charge is 0.353 e. The second-order valence-corrected chi connectivity index (χ2v) is 9.40. The molecule has 0 spiro atoms. The highest BCUT2D eigenvalue weighted by Crippen LogP contribution is 2.40. The Kier molecular flexibility index (Phi) is 4.33. The minimum atomic E-state index is 0.0404. The smallest absolute Gasteiger partial charge is 0.223 e. The second-order valence-electron chi connectivity index (χ2n) is 9.40. The van der Waals surface area contributed by atoms with Gasteiger partial charge in [0.15, 0.2) is 0 Å². The maximum atomic E-state index is 12.8. The van der Waals surface area contributed by atoms with Crippen molar-refractivity contribution in [1.82, 2.24) is 10.6 Å². The number of rotatable bonds is 2. The molecule has 0 aromatic heterocycles. The number of piperidine rings is 1. The van der Waals surface area contributed by atoms with Crippen molar-refractivity contribution in [2.24, 2.45) is 17.8 Å². The van der Waals surface area contributed by atoms with Gasteiger partial charge in [-0.2, -0.15) is 0 Å². The Morgan fingerprint density at radius 2 is 1.57 bits per heavy atom. The summed E-state index contributed by atoms with van der Waals surface area (Å²) in [5, 5.41) is 6.97. The Balaban J connectivity index is 1.62. The van der Waals surface area contributed by atoms with Crippen LogP contribution in [0.2, 0.25) is 0 Å². The van der Waals surface area contributed by atoms with E-state index >= 15 is 0 Å². The molecule has 2 unspecified atom stereocenters. The second kappa shape index (κ2) is 5.87. The van der Waals surface area contributed by atoms with Crippen LogP contribution in [0.1, 0.15) is 72.6 Å². The van der Waals surface area contributed by atoms with E-state index in [-0.39, 0.29) is 40.8 Å². The van der Waals surface area contributed by atoms with Gasteiger partial charge in [-0.15, -0.1) is 0 Å². The molecule has 4 nitrogen and oxygen atoms in total. The van der Waals surface area contributed by atoms with Crippen LogP contribution in [0.4, 0.5) is 0 Å². The average molecular weight is 320 g/mol. The molecule has 3 rings (SSSR count). The molecule has 1 amide bonds. The molecule has 3 aliphatic rings. The maximum absolute atomic E-state index is 12.8. The molecule has 2 saturated carbocycles. The fraction of sp³-hybridized carbons (Fsp3) is 0.895.